The predicted octanol–water partition coefficient (Wildman–Crippen LogP) is 4.94. The molecule has 3 aromatic rings. The number of aromatic amines is 1. The van der Waals surface area contributed by atoms with Crippen LogP contribution in [0.15, 0.2) is 30.3 Å². The van der Waals surface area contributed by atoms with Gasteiger partial charge >= 0.3 is 0 Å². The number of fused-ring (bicyclic) bond motifs is 1. The Labute approximate surface area is 131 Å². The highest BCUT2D eigenvalue weighted by Crippen LogP contribution is 2.25. The Balaban J connectivity index is 1.88. The van der Waals surface area contributed by atoms with E-state index < -0.39 is 0 Å². The molecule has 0 fully saturated rings. The first kappa shape index (κ1) is 14.6. The smallest absolute Gasteiger partial charge is 0.153 e. The third-order valence-corrected chi connectivity index (χ3v) is 4.29. The third kappa shape index (κ3) is 2.71. The fourth-order valence-electron chi connectivity index (χ4n) is 2.53. The molecule has 22 heavy (non-hydrogen) atoms. The van der Waals surface area contributed by atoms with Crippen LogP contribution in [0.1, 0.15) is 41.1 Å². The summed E-state index contributed by atoms with van der Waals surface area (Å²) in [6, 6.07) is 10.4. The van der Waals surface area contributed by atoms with E-state index in [1.165, 1.54) is 22.3 Å². The van der Waals surface area contributed by atoms with E-state index in [9.17, 15) is 0 Å². The molecule has 3 rings (SSSR count). The normalized spacial score (nSPS) is 12.6. The Morgan fingerprint density at radius 2 is 1.59 bits per heavy atom. The highest BCUT2D eigenvalue weighted by Gasteiger charge is 2.13. The fourth-order valence-corrected chi connectivity index (χ4v) is 2.53. The highest BCUT2D eigenvalue weighted by molar-refractivity contribution is 5.77. The van der Waals surface area contributed by atoms with Gasteiger partial charge in [0.05, 0.1) is 11.0 Å². The number of H-pyrrole nitrogens is 1. The van der Waals surface area contributed by atoms with E-state index in [0.29, 0.717) is 0 Å². The summed E-state index contributed by atoms with van der Waals surface area (Å²) in [7, 11) is 0. The number of hydrogen-bond donors (Lipinski definition) is 1. The molecule has 3 heteroatoms. The first-order valence-electron chi connectivity index (χ1n) is 7.65. The average Bonchev–Trinajstić information content (AvgIpc) is 2.86. The summed E-state index contributed by atoms with van der Waals surface area (Å²) >= 11 is 0. The molecule has 0 spiro atoms. The van der Waals surface area contributed by atoms with Crippen molar-refractivity contribution in [2.45, 2.75) is 40.7 Å². The maximum Gasteiger partial charge on any atom is 0.153 e. The van der Waals surface area contributed by atoms with Crippen molar-refractivity contribution in [1.82, 2.24) is 9.97 Å². The minimum atomic E-state index is -0.116. The largest absolute Gasteiger partial charge is 0.483 e. The molecule has 2 aromatic carbocycles. The number of rotatable bonds is 3. The van der Waals surface area contributed by atoms with Crippen LogP contribution in [0.25, 0.3) is 11.0 Å². The van der Waals surface area contributed by atoms with Crippen molar-refractivity contribution >= 4 is 11.0 Å². The van der Waals surface area contributed by atoms with Crippen molar-refractivity contribution in [1.29, 1.82) is 0 Å². The SMILES string of the molecule is Cc1ccc(OC(C)c2nc3cc(C)c(C)cc3[nH]2)cc1C. The first-order chi connectivity index (χ1) is 10.4. The number of nitrogens with zero attached hydrogens (tertiary/aromatic N) is 1. The molecule has 0 aliphatic heterocycles. The van der Waals surface area contributed by atoms with Gasteiger partial charge in [-0.2, -0.15) is 0 Å². The van der Waals surface area contributed by atoms with Crippen LogP contribution in [0.4, 0.5) is 0 Å². The summed E-state index contributed by atoms with van der Waals surface area (Å²) in [5.41, 5.74) is 7.09. The van der Waals surface area contributed by atoms with Crippen LogP contribution in [0.3, 0.4) is 0 Å². The molecule has 0 bridgehead atoms. The molecule has 1 unspecified atom stereocenters. The zero-order valence-corrected chi connectivity index (χ0v) is 13.8. The van der Waals surface area contributed by atoms with E-state index in [4.69, 9.17) is 4.74 Å². The van der Waals surface area contributed by atoms with Crippen molar-refractivity contribution in [2.24, 2.45) is 0 Å². The van der Waals surface area contributed by atoms with Gasteiger partial charge in [-0.15, -0.1) is 0 Å². The van der Waals surface area contributed by atoms with Gasteiger partial charge in [0.1, 0.15) is 11.6 Å². The molecule has 0 aliphatic carbocycles. The van der Waals surface area contributed by atoms with Crippen LogP contribution in [0.5, 0.6) is 5.75 Å². The fraction of sp³-hybridized carbons (Fsp3) is 0.316. The second kappa shape index (κ2) is 5.48. The molecule has 0 amide bonds. The number of imidazole rings is 1. The lowest BCUT2D eigenvalue weighted by Gasteiger charge is -2.13. The minimum Gasteiger partial charge on any atom is -0.483 e. The van der Waals surface area contributed by atoms with Crippen LogP contribution in [-0.2, 0) is 0 Å². The van der Waals surface area contributed by atoms with E-state index in [2.05, 4.69) is 61.9 Å². The molecule has 3 nitrogen and oxygen atoms in total. The molecular formula is C19H22N2O. The predicted molar refractivity (Wildman–Crippen MR) is 90.5 cm³/mol. The minimum absolute atomic E-state index is 0.116. The van der Waals surface area contributed by atoms with Crippen LogP contribution < -0.4 is 4.74 Å². The summed E-state index contributed by atoms with van der Waals surface area (Å²) in [5.74, 6) is 1.74. The van der Waals surface area contributed by atoms with E-state index >= 15 is 0 Å². The van der Waals surface area contributed by atoms with Gasteiger partial charge in [0.25, 0.3) is 0 Å². The van der Waals surface area contributed by atoms with Crippen molar-refractivity contribution in [2.75, 3.05) is 0 Å². The van der Waals surface area contributed by atoms with Gasteiger partial charge in [-0.1, -0.05) is 6.07 Å². The lowest BCUT2D eigenvalue weighted by atomic mass is 10.1. The van der Waals surface area contributed by atoms with Crippen LogP contribution in [-0.4, -0.2) is 9.97 Å². The number of aromatic nitrogens is 2. The van der Waals surface area contributed by atoms with Gasteiger partial charge in [0.2, 0.25) is 0 Å². The summed E-state index contributed by atoms with van der Waals surface area (Å²) in [6.07, 6.45) is -0.116. The molecule has 0 radical (unpaired) electrons. The zero-order valence-electron chi connectivity index (χ0n) is 13.8. The van der Waals surface area contributed by atoms with Gasteiger partial charge in [-0.25, -0.2) is 4.98 Å². The van der Waals surface area contributed by atoms with E-state index in [1.807, 2.05) is 13.0 Å². The maximum absolute atomic E-state index is 6.03. The van der Waals surface area contributed by atoms with Gasteiger partial charge in [0, 0.05) is 0 Å². The lowest BCUT2D eigenvalue weighted by Crippen LogP contribution is -2.05. The lowest BCUT2D eigenvalue weighted by molar-refractivity contribution is 0.218. The molecule has 1 heterocycles. The Morgan fingerprint density at radius 1 is 0.909 bits per heavy atom. The third-order valence-electron chi connectivity index (χ3n) is 4.29. The van der Waals surface area contributed by atoms with Gasteiger partial charge in [-0.05, 0) is 81.1 Å². The summed E-state index contributed by atoms with van der Waals surface area (Å²) in [6.45, 7) is 10.4. The Hall–Kier alpha value is -2.29. The van der Waals surface area contributed by atoms with E-state index in [-0.39, 0.29) is 6.10 Å². The van der Waals surface area contributed by atoms with Crippen LogP contribution in [0, 0.1) is 27.7 Å². The Kier molecular flexibility index (Phi) is 3.65. The average molecular weight is 294 g/mol. The molecule has 0 saturated carbocycles. The molecule has 114 valence electrons. The maximum atomic E-state index is 6.03. The van der Waals surface area contributed by atoms with E-state index in [0.717, 1.165) is 22.6 Å². The van der Waals surface area contributed by atoms with Gasteiger partial charge in [0.15, 0.2) is 6.10 Å². The number of nitrogens with one attached hydrogen (secondary N) is 1. The number of hydrogen-bond acceptors (Lipinski definition) is 2. The summed E-state index contributed by atoms with van der Waals surface area (Å²) in [4.78, 5) is 8.04. The Morgan fingerprint density at radius 3 is 2.32 bits per heavy atom. The molecule has 0 aliphatic rings. The van der Waals surface area contributed by atoms with Crippen LogP contribution in [0.2, 0.25) is 0 Å². The standard InChI is InChI=1S/C19H22N2O/c1-11-6-7-16(8-12(11)2)22-15(5)19-20-17-9-13(3)14(4)10-18(17)21-19/h6-10,15H,1-5H3,(H,20,21). The molecule has 1 N–H and O–H groups in total. The molecule has 1 aromatic heterocycles. The topological polar surface area (TPSA) is 37.9 Å². The number of aryl methyl sites for hydroxylation is 4. The van der Waals surface area contributed by atoms with Crippen molar-refractivity contribution < 1.29 is 4.74 Å². The highest BCUT2D eigenvalue weighted by atomic mass is 16.5. The van der Waals surface area contributed by atoms with Crippen molar-refractivity contribution in [3.63, 3.8) is 0 Å². The molecular weight excluding hydrogens is 272 g/mol. The second-order valence-corrected chi connectivity index (χ2v) is 6.08. The van der Waals surface area contributed by atoms with Gasteiger partial charge in [-0.3, -0.25) is 0 Å². The van der Waals surface area contributed by atoms with Crippen molar-refractivity contribution in [3.05, 3.63) is 58.4 Å². The number of ether oxygens (including phenoxy) is 1. The number of benzene rings is 2. The Bertz CT molecular complexity index is 794. The van der Waals surface area contributed by atoms with Crippen molar-refractivity contribution in [3.8, 4) is 5.75 Å². The molecule has 1 atom stereocenters. The first-order valence-corrected chi connectivity index (χ1v) is 7.65. The summed E-state index contributed by atoms with van der Waals surface area (Å²) < 4.78 is 6.03. The van der Waals surface area contributed by atoms with E-state index in [1.54, 1.807) is 0 Å². The quantitative estimate of drug-likeness (QED) is 0.743. The second-order valence-electron chi connectivity index (χ2n) is 6.08. The monoisotopic (exact) mass is 294 g/mol. The molecule has 0 saturated heterocycles. The van der Waals surface area contributed by atoms with Crippen LogP contribution >= 0.6 is 0 Å². The zero-order chi connectivity index (χ0) is 15.9. The summed E-state index contributed by atoms with van der Waals surface area (Å²) in [5, 5.41) is 0. The van der Waals surface area contributed by atoms with Gasteiger partial charge < -0.3 is 9.72 Å².